The fourth-order valence-electron chi connectivity index (χ4n) is 7.31. The number of anilines is 1. The summed E-state index contributed by atoms with van der Waals surface area (Å²) in [5, 5.41) is 4.15. The van der Waals surface area contributed by atoms with E-state index in [1.165, 1.54) is 19.1 Å². The summed E-state index contributed by atoms with van der Waals surface area (Å²) in [5.41, 5.74) is 0.00338. The van der Waals surface area contributed by atoms with Crippen LogP contribution < -0.4 is 5.32 Å². The molecule has 0 amide bonds. The highest BCUT2D eigenvalue weighted by atomic mass is 19.4. The number of nitrogens with zero attached hydrogens (tertiary/aromatic N) is 2. The minimum Gasteiger partial charge on any atom is -0.380 e. The molecule has 10 heteroatoms. The predicted octanol–water partition coefficient (Wildman–Crippen LogP) is 6.75. The van der Waals surface area contributed by atoms with Crippen molar-refractivity contribution in [1.29, 1.82) is 0 Å². The number of hydrogen-bond acceptors (Lipinski definition) is 3. The molecule has 1 saturated carbocycles. The van der Waals surface area contributed by atoms with Crippen LogP contribution in [0.4, 0.5) is 32.0 Å². The van der Waals surface area contributed by atoms with Crippen LogP contribution in [-0.2, 0) is 12.0 Å². The van der Waals surface area contributed by atoms with E-state index in [9.17, 15) is 17.6 Å². The van der Waals surface area contributed by atoms with Crippen LogP contribution in [-0.4, -0.2) is 65.9 Å². The molecule has 1 aromatic heterocycles. The Morgan fingerprint density at radius 2 is 1.80 bits per heavy atom. The molecule has 3 heterocycles. The fourth-order valence-corrected chi connectivity index (χ4v) is 7.31. The van der Waals surface area contributed by atoms with Gasteiger partial charge in [-0.3, -0.25) is 9.29 Å². The predicted molar refractivity (Wildman–Crippen MR) is 143 cm³/mol. The Labute approximate surface area is 229 Å². The van der Waals surface area contributed by atoms with Crippen molar-refractivity contribution in [2.75, 3.05) is 38.2 Å². The lowest BCUT2D eigenvalue weighted by molar-refractivity contribution is -0.164. The average molecular weight is 565 g/mol. The molecule has 0 unspecified atom stereocenters. The van der Waals surface area contributed by atoms with Crippen LogP contribution in [0.25, 0.3) is 10.9 Å². The van der Waals surface area contributed by atoms with Gasteiger partial charge in [-0.1, -0.05) is 18.2 Å². The number of aromatic nitrogens is 1. The number of likely N-dealkylation sites (tertiary alicyclic amines) is 1. The number of nitrogens with one attached hydrogen (secondary N) is 2. The summed E-state index contributed by atoms with van der Waals surface area (Å²) in [7, 11) is 0. The third kappa shape index (κ3) is 4.57. The third-order valence-corrected chi connectivity index (χ3v) is 9.34. The Hall–Kier alpha value is -2.72. The van der Waals surface area contributed by atoms with Crippen molar-refractivity contribution in [2.45, 2.75) is 63.3 Å². The molecule has 2 aliphatic heterocycles. The van der Waals surface area contributed by atoms with Crippen LogP contribution in [0.15, 0.2) is 36.4 Å². The normalized spacial score (nSPS) is 26.5. The summed E-state index contributed by atoms with van der Waals surface area (Å²) in [6.07, 6.45) is -1.82. The topological polar surface area (TPSA) is 34.3 Å². The number of H-pyrrole nitrogens is 1. The smallest absolute Gasteiger partial charge is 0.380 e. The summed E-state index contributed by atoms with van der Waals surface area (Å²) in [6, 6.07) is 9.10. The lowest BCUT2D eigenvalue weighted by Crippen LogP contribution is -2.57. The molecule has 40 heavy (non-hydrogen) atoms. The van der Waals surface area contributed by atoms with Crippen LogP contribution in [0.3, 0.4) is 0 Å². The lowest BCUT2D eigenvalue weighted by atomic mass is 9.77. The summed E-state index contributed by atoms with van der Waals surface area (Å²) < 4.78 is 86.5. The number of rotatable bonds is 7. The van der Waals surface area contributed by atoms with Crippen LogP contribution in [0, 0.1) is 17.0 Å². The molecule has 0 bridgehead atoms. The van der Waals surface area contributed by atoms with Crippen molar-refractivity contribution in [3.8, 4) is 0 Å². The quantitative estimate of drug-likeness (QED) is 0.312. The van der Waals surface area contributed by atoms with Gasteiger partial charge in [0.05, 0.1) is 18.8 Å². The van der Waals surface area contributed by atoms with Gasteiger partial charge < -0.3 is 15.2 Å². The summed E-state index contributed by atoms with van der Waals surface area (Å²) in [5.74, 6) is -1.79. The molecular formula is C30H34F6N4. The molecular weight excluding hydrogens is 530 g/mol. The molecule has 0 radical (unpaired) electrons. The summed E-state index contributed by atoms with van der Waals surface area (Å²) in [6.45, 7) is 3.56. The molecule has 2 N–H and O–H groups in total. The molecule has 2 aromatic carbocycles. The highest BCUT2D eigenvalue weighted by Gasteiger charge is 2.55. The van der Waals surface area contributed by atoms with Gasteiger partial charge in [0.2, 0.25) is 0 Å². The van der Waals surface area contributed by atoms with Crippen molar-refractivity contribution < 1.29 is 26.3 Å². The monoisotopic (exact) mass is 564 g/mol. The lowest BCUT2D eigenvalue weighted by Gasteiger charge is -2.49. The van der Waals surface area contributed by atoms with Crippen molar-refractivity contribution in [1.82, 2.24) is 14.8 Å². The second-order valence-electron chi connectivity index (χ2n) is 12.0. The first-order valence-electron chi connectivity index (χ1n) is 13.9. The van der Waals surface area contributed by atoms with Crippen molar-refractivity contribution in [2.24, 2.45) is 5.41 Å². The van der Waals surface area contributed by atoms with E-state index >= 15 is 8.78 Å². The third-order valence-electron chi connectivity index (χ3n) is 9.34. The van der Waals surface area contributed by atoms with Gasteiger partial charge in [-0.05, 0) is 63.3 Å². The first-order chi connectivity index (χ1) is 18.9. The van der Waals surface area contributed by atoms with Gasteiger partial charge in [0, 0.05) is 65.0 Å². The van der Waals surface area contributed by atoms with Gasteiger partial charge in [-0.15, -0.1) is 0 Å². The SMILES string of the molecule is C[C@@H]1Cc2c([nH]c3ccccc23)[C@](C)(c2c(F)cc(N[C@@H]3CN(CCCF)CC34CC4)cc2F)N1CC(F)(F)F. The molecule has 2 fully saturated rings. The van der Waals surface area contributed by atoms with E-state index in [1.807, 2.05) is 24.3 Å². The zero-order valence-corrected chi connectivity index (χ0v) is 22.6. The van der Waals surface area contributed by atoms with Gasteiger partial charge in [0.15, 0.2) is 0 Å². The maximum Gasteiger partial charge on any atom is 0.401 e. The first-order valence-corrected chi connectivity index (χ1v) is 13.9. The number of fused-ring (bicyclic) bond motifs is 3. The van der Waals surface area contributed by atoms with E-state index in [0.29, 0.717) is 37.1 Å². The van der Waals surface area contributed by atoms with Gasteiger partial charge in [0.1, 0.15) is 11.6 Å². The van der Waals surface area contributed by atoms with Gasteiger partial charge >= 0.3 is 6.18 Å². The molecule has 1 saturated heterocycles. The zero-order chi connectivity index (χ0) is 28.4. The van der Waals surface area contributed by atoms with Crippen molar-refractivity contribution in [3.63, 3.8) is 0 Å². The maximum absolute atomic E-state index is 16.1. The maximum atomic E-state index is 16.1. The zero-order valence-electron chi connectivity index (χ0n) is 22.6. The molecule has 1 aliphatic carbocycles. The molecule has 3 atom stereocenters. The Bertz CT molecular complexity index is 1390. The van der Waals surface area contributed by atoms with Crippen molar-refractivity contribution >= 4 is 16.6 Å². The Morgan fingerprint density at radius 3 is 2.45 bits per heavy atom. The largest absolute Gasteiger partial charge is 0.401 e. The van der Waals surface area contributed by atoms with E-state index in [4.69, 9.17) is 0 Å². The molecule has 216 valence electrons. The van der Waals surface area contributed by atoms with Crippen LogP contribution in [0.2, 0.25) is 0 Å². The molecule has 3 aromatic rings. The fraction of sp³-hybridized carbons (Fsp3) is 0.533. The number of aromatic amines is 1. The van der Waals surface area contributed by atoms with E-state index in [-0.39, 0.29) is 23.8 Å². The highest BCUT2D eigenvalue weighted by molar-refractivity contribution is 5.85. The molecule has 1 spiro atoms. The minimum absolute atomic E-state index is 0.00941. The van der Waals surface area contributed by atoms with Crippen LogP contribution in [0.1, 0.15) is 49.9 Å². The van der Waals surface area contributed by atoms with E-state index in [0.717, 1.165) is 35.2 Å². The number of hydrogen-bond donors (Lipinski definition) is 2. The Morgan fingerprint density at radius 1 is 1.10 bits per heavy atom. The van der Waals surface area contributed by atoms with Crippen LogP contribution >= 0.6 is 0 Å². The summed E-state index contributed by atoms with van der Waals surface area (Å²) >= 11 is 0. The summed E-state index contributed by atoms with van der Waals surface area (Å²) in [4.78, 5) is 6.57. The van der Waals surface area contributed by atoms with E-state index in [1.54, 1.807) is 6.92 Å². The van der Waals surface area contributed by atoms with Crippen LogP contribution in [0.5, 0.6) is 0 Å². The number of alkyl halides is 4. The Kier molecular flexibility index (Phi) is 6.65. The second-order valence-corrected chi connectivity index (χ2v) is 12.0. The first kappa shape index (κ1) is 27.4. The average Bonchev–Trinajstić information content (AvgIpc) is 3.44. The second kappa shape index (κ2) is 9.69. The van der Waals surface area contributed by atoms with Gasteiger partial charge in [0.25, 0.3) is 0 Å². The minimum atomic E-state index is -4.57. The van der Waals surface area contributed by atoms with Gasteiger partial charge in [-0.25, -0.2) is 8.78 Å². The molecule has 6 rings (SSSR count). The number of para-hydroxylation sites is 1. The Balaban J connectivity index is 1.40. The molecule has 4 nitrogen and oxygen atoms in total. The number of halogens is 6. The van der Waals surface area contributed by atoms with Gasteiger partial charge in [-0.2, -0.15) is 13.2 Å². The van der Waals surface area contributed by atoms with Crippen molar-refractivity contribution in [3.05, 3.63) is 64.9 Å². The molecule has 3 aliphatic rings. The van der Waals surface area contributed by atoms with E-state index in [2.05, 4.69) is 15.2 Å². The number of benzene rings is 2. The highest BCUT2D eigenvalue weighted by Crippen LogP contribution is 2.54. The standard InChI is InChI=1S/C30H34F6N4/c1-18-12-21-20-6-3-4-7-24(20)38-27(21)28(2,40(18)17-30(34,35)36)26-22(32)13-19(14-23(26)33)37-25-15-39(11-5-10-31)16-29(25)8-9-29/h3-4,6-7,13-14,18,25,37-38H,5,8-12,15-17H2,1-2H3/t18-,25-,28+/m1/s1. The van der Waals surface area contributed by atoms with E-state index < -0.39 is 41.5 Å².